The lowest BCUT2D eigenvalue weighted by Crippen LogP contribution is -2.46. The van der Waals surface area contributed by atoms with Gasteiger partial charge < -0.3 is 15.3 Å². The van der Waals surface area contributed by atoms with Gasteiger partial charge in [-0.25, -0.2) is 4.79 Å². The number of nitrogens with zero attached hydrogens (tertiary/aromatic N) is 1. The van der Waals surface area contributed by atoms with Crippen LogP contribution in [0.15, 0.2) is 30.3 Å². The summed E-state index contributed by atoms with van der Waals surface area (Å²) < 4.78 is 0. The topological polar surface area (TPSA) is 81.7 Å². The van der Waals surface area contributed by atoms with E-state index in [1.165, 1.54) is 0 Å². The summed E-state index contributed by atoms with van der Waals surface area (Å²) >= 11 is 0. The van der Waals surface area contributed by atoms with Crippen LogP contribution in [0.3, 0.4) is 0 Å². The van der Waals surface area contributed by atoms with Crippen molar-refractivity contribution in [1.29, 1.82) is 0 Å². The molecule has 21 heavy (non-hydrogen) atoms. The highest BCUT2D eigenvalue weighted by atomic mass is 16.3. The van der Waals surface area contributed by atoms with Gasteiger partial charge in [-0.3, -0.25) is 10.1 Å². The van der Waals surface area contributed by atoms with E-state index < -0.39 is 18.0 Å². The van der Waals surface area contributed by atoms with E-state index >= 15 is 0 Å². The van der Waals surface area contributed by atoms with Crippen molar-refractivity contribution in [1.82, 2.24) is 10.6 Å². The van der Waals surface area contributed by atoms with E-state index in [1.54, 1.807) is 11.8 Å². The molecule has 3 N–H and O–H groups in total. The van der Waals surface area contributed by atoms with Crippen LogP contribution in [0.25, 0.3) is 0 Å². The molecule has 0 aliphatic heterocycles. The number of para-hydroxylation sites is 1. The number of benzene rings is 1. The highest BCUT2D eigenvalue weighted by Crippen LogP contribution is 2.13. The number of aliphatic hydroxyl groups is 1. The van der Waals surface area contributed by atoms with E-state index in [9.17, 15) is 14.7 Å². The molecule has 0 aliphatic rings. The Balaban J connectivity index is 2.69. The van der Waals surface area contributed by atoms with Crippen molar-refractivity contribution in [3.63, 3.8) is 0 Å². The summed E-state index contributed by atoms with van der Waals surface area (Å²) in [6.45, 7) is 4.46. The molecule has 6 heteroatoms. The van der Waals surface area contributed by atoms with Crippen LogP contribution < -0.4 is 15.5 Å². The number of rotatable bonds is 7. The van der Waals surface area contributed by atoms with E-state index in [4.69, 9.17) is 0 Å². The molecule has 0 saturated carbocycles. The second-order valence-corrected chi connectivity index (χ2v) is 4.69. The number of carbonyl (C=O) groups is 2. The molecule has 0 unspecified atom stereocenters. The van der Waals surface area contributed by atoms with Gasteiger partial charge >= 0.3 is 6.03 Å². The smallest absolute Gasteiger partial charge is 0.321 e. The van der Waals surface area contributed by atoms with E-state index in [2.05, 4.69) is 10.6 Å². The second-order valence-electron chi connectivity index (χ2n) is 4.69. The van der Waals surface area contributed by atoms with Crippen molar-refractivity contribution in [2.24, 2.45) is 0 Å². The number of nitrogens with one attached hydrogen (secondary N) is 2. The normalized spacial score (nSPS) is 11.6. The molecule has 1 atom stereocenters. The molecule has 0 radical (unpaired) electrons. The van der Waals surface area contributed by atoms with E-state index in [1.807, 2.05) is 37.3 Å². The van der Waals surface area contributed by atoms with E-state index in [0.717, 1.165) is 5.69 Å². The third kappa shape index (κ3) is 6.27. The van der Waals surface area contributed by atoms with Crippen LogP contribution >= 0.6 is 0 Å². The van der Waals surface area contributed by atoms with Gasteiger partial charge in [0.05, 0.1) is 12.6 Å². The Bertz CT molecular complexity index is 451. The van der Waals surface area contributed by atoms with Gasteiger partial charge in [-0.2, -0.15) is 0 Å². The molecular weight excluding hydrogens is 270 g/mol. The number of amides is 3. The third-order valence-corrected chi connectivity index (χ3v) is 2.95. The number of imide groups is 1. The van der Waals surface area contributed by atoms with Crippen LogP contribution in [0.1, 0.15) is 20.3 Å². The lowest BCUT2D eigenvalue weighted by atomic mass is 10.2. The van der Waals surface area contributed by atoms with Crippen molar-refractivity contribution in [3.8, 4) is 0 Å². The Hall–Kier alpha value is -2.08. The zero-order chi connectivity index (χ0) is 15.7. The molecule has 0 aromatic heterocycles. The summed E-state index contributed by atoms with van der Waals surface area (Å²) in [5, 5.41) is 14.6. The molecule has 0 fully saturated rings. The summed E-state index contributed by atoms with van der Waals surface area (Å²) in [7, 11) is 0. The summed E-state index contributed by atoms with van der Waals surface area (Å²) in [6, 6.07) is 8.83. The maximum Gasteiger partial charge on any atom is 0.321 e. The zero-order valence-electron chi connectivity index (χ0n) is 12.5. The number of aliphatic hydroxyl groups excluding tert-OH is 1. The molecule has 116 valence electrons. The Labute approximate surface area is 125 Å². The first-order valence-corrected chi connectivity index (χ1v) is 7.12. The minimum Gasteiger partial charge on any atom is -0.391 e. The van der Waals surface area contributed by atoms with Crippen LogP contribution in [0, 0.1) is 0 Å². The summed E-state index contributed by atoms with van der Waals surface area (Å²) in [6.07, 6.45) is 0.0730. The Morgan fingerprint density at radius 1 is 1.24 bits per heavy atom. The minimum absolute atomic E-state index is 0.0121. The molecule has 1 aromatic rings. The largest absolute Gasteiger partial charge is 0.391 e. The van der Waals surface area contributed by atoms with Gasteiger partial charge in [-0.05, 0) is 25.5 Å². The maximum atomic E-state index is 11.9. The first-order chi connectivity index (χ1) is 10.1. The van der Waals surface area contributed by atoms with Crippen molar-refractivity contribution in [2.75, 3.05) is 24.5 Å². The van der Waals surface area contributed by atoms with Crippen molar-refractivity contribution < 1.29 is 14.7 Å². The van der Waals surface area contributed by atoms with Crippen LogP contribution in [0.2, 0.25) is 0 Å². The minimum atomic E-state index is -0.525. The SMILES string of the molecule is CCNC(=O)NC(=O)CN(C[C@@H](O)CC)c1ccccc1. The summed E-state index contributed by atoms with van der Waals surface area (Å²) in [4.78, 5) is 25.0. The van der Waals surface area contributed by atoms with Crippen LogP contribution in [0.4, 0.5) is 10.5 Å². The zero-order valence-corrected chi connectivity index (χ0v) is 12.5. The fourth-order valence-electron chi connectivity index (χ4n) is 1.83. The average molecular weight is 293 g/mol. The maximum absolute atomic E-state index is 11.9. The second kappa shape index (κ2) is 8.97. The van der Waals surface area contributed by atoms with Crippen LogP contribution in [0.5, 0.6) is 0 Å². The average Bonchev–Trinajstić information content (AvgIpc) is 2.47. The molecule has 0 bridgehead atoms. The molecule has 0 aliphatic carbocycles. The van der Waals surface area contributed by atoms with Crippen LogP contribution in [-0.4, -0.2) is 42.8 Å². The summed E-state index contributed by atoms with van der Waals surface area (Å²) in [5.41, 5.74) is 0.830. The molecule has 0 saturated heterocycles. The first-order valence-electron chi connectivity index (χ1n) is 7.12. The first kappa shape index (κ1) is 17.0. The van der Waals surface area contributed by atoms with Gasteiger partial charge in [0, 0.05) is 18.8 Å². The lowest BCUT2D eigenvalue weighted by molar-refractivity contribution is -0.118. The number of hydrogen-bond donors (Lipinski definition) is 3. The third-order valence-electron chi connectivity index (χ3n) is 2.95. The van der Waals surface area contributed by atoms with Gasteiger partial charge in [0.1, 0.15) is 0 Å². The number of anilines is 1. The van der Waals surface area contributed by atoms with Crippen LogP contribution in [-0.2, 0) is 4.79 Å². The number of urea groups is 1. The van der Waals surface area contributed by atoms with E-state index in [0.29, 0.717) is 19.5 Å². The predicted octanol–water partition coefficient (Wildman–Crippen LogP) is 1.11. The van der Waals surface area contributed by atoms with Gasteiger partial charge in [0.25, 0.3) is 0 Å². The summed E-state index contributed by atoms with van der Waals surface area (Å²) in [5.74, 6) is -0.409. The highest BCUT2D eigenvalue weighted by Gasteiger charge is 2.16. The Morgan fingerprint density at radius 3 is 2.48 bits per heavy atom. The molecule has 3 amide bonds. The number of carbonyl (C=O) groups excluding carboxylic acids is 2. The Kier molecular flexibility index (Phi) is 7.25. The monoisotopic (exact) mass is 293 g/mol. The number of hydrogen-bond acceptors (Lipinski definition) is 4. The van der Waals surface area contributed by atoms with Crippen molar-refractivity contribution in [2.45, 2.75) is 26.4 Å². The molecule has 1 aromatic carbocycles. The van der Waals surface area contributed by atoms with Crippen molar-refractivity contribution in [3.05, 3.63) is 30.3 Å². The van der Waals surface area contributed by atoms with Gasteiger partial charge in [0.15, 0.2) is 0 Å². The molecule has 0 heterocycles. The fourth-order valence-corrected chi connectivity index (χ4v) is 1.83. The predicted molar refractivity (Wildman–Crippen MR) is 82.2 cm³/mol. The standard InChI is InChI=1S/C15H23N3O3/c1-3-13(19)10-18(12-8-6-5-7-9-12)11-14(20)17-15(21)16-4-2/h5-9,13,19H,3-4,10-11H2,1-2H3,(H2,16,17,20,21)/t13-/m0/s1. The Morgan fingerprint density at radius 2 is 1.90 bits per heavy atom. The molecule has 6 nitrogen and oxygen atoms in total. The molecule has 1 rings (SSSR count). The molecule has 0 spiro atoms. The van der Waals surface area contributed by atoms with E-state index in [-0.39, 0.29) is 6.54 Å². The highest BCUT2D eigenvalue weighted by molar-refractivity contribution is 5.96. The quantitative estimate of drug-likeness (QED) is 0.703. The van der Waals surface area contributed by atoms with Gasteiger partial charge in [-0.15, -0.1) is 0 Å². The van der Waals surface area contributed by atoms with Crippen molar-refractivity contribution >= 4 is 17.6 Å². The van der Waals surface area contributed by atoms with Gasteiger partial charge in [-0.1, -0.05) is 25.1 Å². The molecular formula is C15H23N3O3. The lowest BCUT2D eigenvalue weighted by Gasteiger charge is -2.26. The van der Waals surface area contributed by atoms with Gasteiger partial charge in [0.2, 0.25) is 5.91 Å². The fraction of sp³-hybridized carbons (Fsp3) is 0.467.